The molecule has 0 aliphatic carbocycles. The van der Waals surface area contributed by atoms with E-state index in [-0.39, 0.29) is 6.16 Å². The van der Waals surface area contributed by atoms with Gasteiger partial charge in [0.15, 0.2) is 0 Å². The molecule has 3 aromatic rings. The van der Waals surface area contributed by atoms with E-state index in [1.165, 1.54) is 18.4 Å². The Morgan fingerprint density at radius 2 is 1.78 bits per heavy atom. The fraction of sp³-hybridized carbons (Fsp3) is 0.375. The second-order valence-electron chi connectivity index (χ2n) is 7.86. The molecular weight excluding hydrogens is 441 g/mol. The van der Waals surface area contributed by atoms with Crippen LogP contribution in [0.15, 0.2) is 60.1 Å². The summed E-state index contributed by atoms with van der Waals surface area (Å²) in [6.45, 7) is 2.15. The Hall–Kier alpha value is -2.02. The van der Waals surface area contributed by atoms with Crippen LogP contribution in [0.5, 0.6) is 0 Å². The van der Waals surface area contributed by atoms with Crippen molar-refractivity contribution in [2.45, 2.75) is 38.6 Å². The molecular formula is C24H32N3O3PS. The predicted octanol–water partition coefficient (Wildman–Crippen LogP) is 5.29. The number of nitrogens with zero attached hydrogens (tertiary/aromatic N) is 1. The van der Waals surface area contributed by atoms with E-state index in [0.29, 0.717) is 19.5 Å². The predicted molar refractivity (Wildman–Crippen MR) is 133 cm³/mol. The Kier molecular flexibility index (Phi) is 9.90. The minimum Gasteiger partial charge on any atom is -0.384 e. The van der Waals surface area contributed by atoms with Gasteiger partial charge in [0.25, 0.3) is 0 Å². The standard InChI is InChI=1S/C24H32N3O3PS/c28-31(29,30)16-7-13-25-19-21-11-12-23(22(18-21)24-27-15-17-32-24)26-14-6-2-5-10-20-8-3-1-4-9-20/h1,3-4,8-9,11-12,15,17-18,25-26H,2,5-7,10,13-14,16,19H2,(H2,28,29,30). The second kappa shape index (κ2) is 12.9. The monoisotopic (exact) mass is 473 g/mol. The van der Waals surface area contributed by atoms with E-state index in [1.807, 2.05) is 11.6 Å². The van der Waals surface area contributed by atoms with Crippen LogP contribution in [0.1, 0.15) is 36.8 Å². The highest BCUT2D eigenvalue weighted by Gasteiger charge is 2.12. The summed E-state index contributed by atoms with van der Waals surface area (Å²) < 4.78 is 10.9. The van der Waals surface area contributed by atoms with Crippen molar-refractivity contribution in [1.82, 2.24) is 10.3 Å². The molecule has 2 aromatic carbocycles. The topological polar surface area (TPSA) is 94.5 Å². The first-order valence-electron chi connectivity index (χ1n) is 11.1. The molecule has 6 nitrogen and oxygen atoms in total. The molecule has 0 atom stereocenters. The van der Waals surface area contributed by atoms with Gasteiger partial charge in [0, 0.05) is 35.9 Å². The molecule has 0 saturated heterocycles. The molecule has 172 valence electrons. The molecule has 0 fully saturated rings. The number of nitrogens with one attached hydrogen (secondary N) is 2. The minimum absolute atomic E-state index is 0.0848. The summed E-state index contributed by atoms with van der Waals surface area (Å²) >= 11 is 1.62. The molecule has 0 aliphatic rings. The molecule has 1 aromatic heterocycles. The number of aryl methyl sites for hydroxylation is 1. The summed E-state index contributed by atoms with van der Waals surface area (Å²) in [6, 6.07) is 17.0. The number of benzene rings is 2. The number of unbranched alkanes of at least 4 members (excludes halogenated alkanes) is 2. The normalized spacial score (nSPS) is 11.6. The van der Waals surface area contributed by atoms with E-state index in [9.17, 15) is 4.57 Å². The third-order valence-electron chi connectivity index (χ3n) is 5.18. The summed E-state index contributed by atoms with van der Waals surface area (Å²) in [6.07, 6.45) is 6.81. The number of rotatable bonds is 14. The number of hydrogen-bond donors (Lipinski definition) is 4. The summed E-state index contributed by atoms with van der Waals surface area (Å²) in [7, 11) is -3.91. The fourth-order valence-corrected chi connectivity index (χ4v) is 4.77. The van der Waals surface area contributed by atoms with Gasteiger partial charge in [0.2, 0.25) is 0 Å². The Morgan fingerprint density at radius 3 is 2.53 bits per heavy atom. The van der Waals surface area contributed by atoms with Gasteiger partial charge in [-0.1, -0.05) is 42.8 Å². The Labute approximate surface area is 194 Å². The van der Waals surface area contributed by atoms with E-state index in [1.54, 1.807) is 11.3 Å². The van der Waals surface area contributed by atoms with Crippen LogP contribution in [0, 0.1) is 0 Å². The molecule has 4 N–H and O–H groups in total. The van der Waals surface area contributed by atoms with E-state index in [2.05, 4.69) is 64.1 Å². The van der Waals surface area contributed by atoms with Crippen LogP contribution in [0.3, 0.4) is 0 Å². The number of hydrogen-bond acceptors (Lipinski definition) is 5. The van der Waals surface area contributed by atoms with E-state index >= 15 is 0 Å². The van der Waals surface area contributed by atoms with Gasteiger partial charge in [-0.15, -0.1) is 11.3 Å². The maximum absolute atomic E-state index is 10.9. The van der Waals surface area contributed by atoms with Crippen LogP contribution in [0.4, 0.5) is 5.69 Å². The van der Waals surface area contributed by atoms with Gasteiger partial charge in [-0.3, -0.25) is 4.57 Å². The lowest BCUT2D eigenvalue weighted by molar-refractivity contribution is 0.371. The van der Waals surface area contributed by atoms with Gasteiger partial charge in [-0.25, -0.2) is 4.98 Å². The lowest BCUT2D eigenvalue weighted by Crippen LogP contribution is -2.16. The highest BCUT2D eigenvalue weighted by Crippen LogP contribution is 2.34. The highest BCUT2D eigenvalue weighted by atomic mass is 32.1. The number of aromatic nitrogens is 1. The van der Waals surface area contributed by atoms with Gasteiger partial charge in [0.1, 0.15) is 5.01 Å². The van der Waals surface area contributed by atoms with Crippen molar-refractivity contribution >= 4 is 24.6 Å². The molecule has 0 spiro atoms. The van der Waals surface area contributed by atoms with Crippen LogP contribution in [-0.2, 0) is 17.5 Å². The average Bonchev–Trinajstić information content (AvgIpc) is 3.31. The van der Waals surface area contributed by atoms with Crippen molar-refractivity contribution in [2.75, 3.05) is 24.6 Å². The largest absolute Gasteiger partial charge is 0.384 e. The minimum atomic E-state index is -3.91. The third kappa shape index (κ3) is 8.85. The molecule has 0 amide bonds. The molecule has 0 unspecified atom stereocenters. The molecule has 0 aliphatic heterocycles. The molecule has 3 rings (SSSR count). The Morgan fingerprint density at radius 1 is 0.938 bits per heavy atom. The molecule has 0 saturated carbocycles. The quantitative estimate of drug-likeness (QED) is 0.188. The third-order valence-corrected chi connectivity index (χ3v) is 6.88. The zero-order chi connectivity index (χ0) is 22.7. The van der Waals surface area contributed by atoms with Gasteiger partial charge in [0.05, 0.1) is 6.16 Å². The Bertz CT molecular complexity index is 977. The van der Waals surface area contributed by atoms with Gasteiger partial charge in [-0.2, -0.15) is 0 Å². The van der Waals surface area contributed by atoms with Crippen LogP contribution in [0.2, 0.25) is 0 Å². The van der Waals surface area contributed by atoms with Crippen LogP contribution >= 0.6 is 18.9 Å². The van der Waals surface area contributed by atoms with Gasteiger partial charge >= 0.3 is 7.60 Å². The van der Waals surface area contributed by atoms with Crippen LogP contribution in [0.25, 0.3) is 10.6 Å². The Balaban J connectivity index is 1.47. The molecule has 0 radical (unpaired) electrons. The van der Waals surface area contributed by atoms with Crippen LogP contribution in [-0.4, -0.2) is 34.0 Å². The number of anilines is 1. The van der Waals surface area contributed by atoms with Crippen molar-refractivity contribution in [3.63, 3.8) is 0 Å². The fourth-order valence-electron chi connectivity index (χ4n) is 3.53. The first-order valence-corrected chi connectivity index (χ1v) is 13.7. The van der Waals surface area contributed by atoms with Crippen molar-refractivity contribution in [3.05, 3.63) is 71.2 Å². The first-order chi connectivity index (χ1) is 15.5. The van der Waals surface area contributed by atoms with Crippen molar-refractivity contribution < 1.29 is 14.4 Å². The van der Waals surface area contributed by atoms with Crippen molar-refractivity contribution in [3.8, 4) is 10.6 Å². The lowest BCUT2D eigenvalue weighted by atomic mass is 10.1. The molecule has 1 heterocycles. The molecule has 32 heavy (non-hydrogen) atoms. The van der Waals surface area contributed by atoms with E-state index in [4.69, 9.17) is 9.79 Å². The average molecular weight is 474 g/mol. The zero-order valence-corrected chi connectivity index (χ0v) is 20.0. The van der Waals surface area contributed by atoms with E-state index < -0.39 is 7.60 Å². The van der Waals surface area contributed by atoms with E-state index in [0.717, 1.165) is 41.2 Å². The lowest BCUT2D eigenvalue weighted by Gasteiger charge is -2.13. The summed E-state index contributed by atoms with van der Waals surface area (Å²) in [5.41, 5.74) is 4.71. The second-order valence-corrected chi connectivity index (χ2v) is 10.5. The van der Waals surface area contributed by atoms with Gasteiger partial charge in [-0.05, 0) is 55.5 Å². The highest BCUT2D eigenvalue weighted by molar-refractivity contribution is 7.51. The number of thiazole rings is 1. The molecule has 8 heteroatoms. The summed E-state index contributed by atoms with van der Waals surface area (Å²) in [5, 5.41) is 9.81. The maximum atomic E-state index is 10.9. The van der Waals surface area contributed by atoms with Crippen LogP contribution < -0.4 is 10.6 Å². The summed E-state index contributed by atoms with van der Waals surface area (Å²) in [5.74, 6) is 0. The SMILES string of the molecule is O=P(O)(O)CCCNCc1ccc(NCCCCCc2ccccc2)c(-c2nccs2)c1. The van der Waals surface area contributed by atoms with Gasteiger partial charge < -0.3 is 20.4 Å². The first kappa shape index (κ1) is 24.6. The zero-order valence-electron chi connectivity index (χ0n) is 18.2. The van der Waals surface area contributed by atoms with Crippen molar-refractivity contribution in [2.24, 2.45) is 0 Å². The smallest absolute Gasteiger partial charge is 0.325 e. The van der Waals surface area contributed by atoms with Crippen molar-refractivity contribution in [1.29, 1.82) is 0 Å². The summed E-state index contributed by atoms with van der Waals surface area (Å²) in [4.78, 5) is 22.4. The molecule has 0 bridgehead atoms. The maximum Gasteiger partial charge on any atom is 0.325 e.